The van der Waals surface area contributed by atoms with E-state index >= 15 is 0 Å². The third-order valence-electron chi connectivity index (χ3n) is 3.41. The van der Waals surface area contributed by atoms with Crippen LogP contribution in [0.25, 0.3) is 5.78 Å². The lowest BCUT2D eigenvalue weighted by atomic mass is 9.92. The average Bonchev–Trinajstić information content (AvgIpc) is 2.85. The summed E-state index contributed by atoms with van der Waals surface area (Å²) in [6.07, 6.45) is -1.74. The fourth-order valence-electron chi connectivity index (χ4n) is 2.36. The lowest BCUT2D eigenvalue weighted by molar-refractivity contribution is -0.175. The highest BCUT2D eigenvalue weighted by Crippen LogP contribution is 2.35. The van der Waals surface area contributed by atoms with Crippen LogP contribution in [0.1, 0.15) is 12.1 Å². The van der Waals surface area contributed by atoms with Crippen molar-refractivity contribution in [1.82, 2.24) is 14.4 Å². The van der Waals surface area contributed by atoms with E-state index in [0.29, 0.717) is 17.3 Å². The molecule has 0 aliphatic heterocycles. The highest BCUT2D eigenvalue weighted by molar-refractivity contribution is 5.97. The van der Waals surface area contributed by atoms with Gasteiger partial charge in [0.05, 0.1) is 0 Å². The number of aromatic nitrogens is 3. The minimum atomic E-state index is -4.58. The summed E-state index contributed by atoms with van der Waals surface area (Å²) in [5.74, 6) is -1.18. The maximum absolute atomic E-state index is 13.7. The Morgan fingerprint density at radius 3 is 2.82 bits per heavy atom. The van der Waals surface area contributed by atoms with Crippen LogP contribution in [0, 0.1) is 12.8 Å². The monoisotopic (exact) mass is 312 g/mol. The fourth-order valence-corrected chi connectivity index (χ4v) is 2.36. The summed E-state index contributed by atoms with van der Waals surface area (Å²) in [6.45, 7) is 1.76. The Morgan fingerprint density at radius 2 is 2.14 bits per heavy atom. The summed E-state index contributed by atoms with van der Waals surface area (Å²) in [7, 11) is 0. The first-order valence-electron chi connectivity index (χ1n) is 6.62. The molecule has 8 heteroatoms. The smallest absolute Gasteiger partial charge is 0.268 e. The van der Waals surface area contributed by atoms with Gasteiger partial charge in [-0.05, 0) is 13.0 Å². The van der Waals surface area contributed by atoms with Gasteiger partial charge in [0.1, 0.15) is 17.9 Å². The predicted octanol–water partition coefficient (Wildman–Crippen LogP) is 3.59. The van der Waals surface area contributed by atoms with E-state index < -0.39 is 18.3 Å². The van der Waals surface area contributed by atoms with Crippen molar-refractivity contribution >= 4 is 17.3 Å². The van der Waals surface area contributed by atoms with Gasteiger partial charge in [0.2, 0.25) is 5.78 Å². The fraction of sp³-hybridized carbons (Fsp3) is 0.357. The highest BCUT2D eigenvalue weighted by atomic mass is 19.4. The normalized spacial score (nSPS) is 24.3. The van der Waals surface area contributed by atoms with Crippen molar-refractivity contribution in [3.05, 3.63) is 36.3 Å². The molecule has 2 aromatic rings. The molecule has 0 fully saturated rings. The van der Waals surface area contributed by atoms with Crippen LogP contribution in [0.4, 0.5) is 23.4 Å². The first-order chi connectivity index (χ1) is 10.3. The van der Waals surface area contributed by atoms with E-state index in [0.717, 1.165) is 6.08 Å². The molecule has 2 heterocycles. The molecule has 0 radical (unpaired) electrons. The lowest BCUT2D eigenvalue weighted by Crippen LogP contribution is -2.33. The van der Waals surface area contributed by atoms with Gasteiger partial charge in [0.15, 0.2) is 0 Å². The molecule has 1 aliphatic rings. The van der Waals surface area contributed by atoms with Gasteiger partial charge in [-0.15, -0.1) is 0 Å². The van der Waals surface area contributed by atoms with Gasteiger partial charge in [0.25, 0.3) is 0 Å². The topological polar surface area (TPSA) is 42.5 Å². The molecule has 0 saturated heterocycles. The van der Waals surface area contributed by atoms with Gasteiger partial charge in [-0.25, -0.2) is 19.4 Å². The van der Waals surface area contributed by atoms with Crippen LogP contribution in [-0.4, -0.2) is 32.4 Å². The number of nitrogens with zero attached hydrogens (tertiary/aromatic N) is 4. The van der Waals surface area contributed by atoms with Crippen LogP contribution in [0.2, 0.25) is 0 Å². The largest absolute Gasteiger partial charge is 0.397 e. The standard InChI is InChI=1S/C14H12F4N4/c1-8-6-12(22-5-4-19-13(22)20-8)21-9-2-3-10(11(15)7-9)14(16,17)18/h2-6,10-11H,7H2,1H3. The number of aryl methyl sites for hydroxylation is 1. The van der Waals surface area contributed by atoms with Crippen LogP contribution in [0.15, 0.2) is 35.6 Å². The Labute approximate surface area is 123 Å². The Balaban J connectivity index is 1.97. The average molecular weight is 312 g/mol. The minimum Gasteiger partial charge on any atom is -0.268 e. The second-order valence-corrected chi connectivity index (χ2v) is 5.10. The van der Waals surface area contributed by atoms with E-state index in [2.05, 4.69) is 15.0 Å². The molecule has 0 bridgehead atoms. The summed E-state index contributed by atoms with van der Waals surface area (Å²) < 4.78 is 53.2. The Hall–Kier alpha value is -2.25. The van der Waals surface area contributed by atoms with Crippen LogP contribution in [0.5, 0.6) is 0 Å². The van der Waals surface area contributed by atoms with Crippen LogP contribution >= 0.6 is 0 Å². The molecule has 116 valence electrons. The highest BCUT2D eigenvalue weighted by Gasteiger charge is 2.45. The summed E-state index contributed by atoms with van der Waals surface area (Å²) >= 11 is 0. The summed E-state index contributed by atoms with van der Waals surface area (Å²) in [5.41, 5.74) is 0.927. The van der Waals surface area contributed by atoms with Gasteiger partial charge in [-0.1, -0.05) is 6.08 Å². The molecule has 0 saturated carbocycles. The van der Waals surface area contributed by atoms with Gasteiger partial charge in [-0.3, -0.25) is 4.40 Å². The SMILES string of the molecule is Cc1cc(N=C2C=CC(C(F)(F)F)C(F)C2)n2ccnc2n1. The third-order valence-corrected chi connectivity index (χ3v) is 3.41. The number of alkyl halides is 4. The Kier molecular flexibility index (Phi) is 3.46. The molecule has 2 aromatic heterocycles. The second kappa shape index (κ2) is 5.19. The molecule has 0 spiro atoms. The minimum absolute atomic E-state index is 0.258. The van der Waals surface area contributed by atoms with Crippen molar-refractivity contribution < 1.29 is 17.6 Å². The molecule has 1 aliphatic carbocycles. The molecular weight excluding hydrogens is 300 g/mol. The molecule has 3 rings (SSSR count). The van der Waals surface area contributed by atoms with Crippen molar-refractivity contribution in [3.8, 4) is 0 Å². The van der Waals surface area contributed by atoms with E-state index in [-0.39, 0.29) is 12.1 Å². The summed E-state index contributed by atoms with van der Waals surface area (Å²) in [5, 5.41) is 0. The Morgan fingerprint density at radius 1 is 1.36 bits per heavy atom. The van der Waals surface area contributed by atoms with E-state index in [4.69, 9.17) is 0 Å². The summed E-state index contributed by atoms with van der Waals surface area (Å²) in [4.78, 5) is 12.5. The van der Waals surface area contributed by atoms with Gasteiger partial charge in [-0.2, -0.15) is 13.2 Å². The van der Waals surface area contributed by atoms with E-state index in [1.807, 2.05) is 0 Å². The number of halogens is 4. The zero-order chi connectivity index (χ0) is 15.9. The van der Waals surface area contributed by atoms with E-state index in [1.54, 1.807) is 29.8 Å². The van der Waals surface area contributed by atoms with E-state index in [9.17, 15) is 17.6 Å². The van der Waals surface area contributed by atoms with Crippen LogP contribution in [-0.2, 0) is 0 Å². The molecule has 4 nitrogen and oxygen atoms in total. The van der Waals surface area contributed by atoms with Gasteiger partial charge >= 0.3 is 6.18 Å². The lowest BCUT2D eigenvalue weighted by Gasteiger charge is -2.24. The number of hydrogen-bond donors (Lipinski definition) is 0. The first kappa shape index (κ1) is 14.7. The molecule has 0 amide bonds. The van der Waals surface area contributed by atoms with Crippen LogP contribution < -0.4 is 0 Å². The zero-order valence-corrected chi connectivity index (χ0v) is 11.5. The first-order valence-corrected chi connectivity index (χ1v) is 6.62. The predicted molar refractivity (Wildman–Crippen MR) is 73.0 cm³/mol. The number of aliphatic imine (C=N–C) groups is 1. The number of fused-ring (bicyclic) bond motifs is 1. The molecule has 2 atom stereocenters. The number of imidazole rings is 1. The van der Waals surface area contributed by atoms with Crippen molar-refractivity contribution in [2.24, 2.45) is 10.9 Å². The van der Waals surface area contributed by atoms with Gasteiger partial charge < -0.3 is 0 Å². The maximum atomic E-state index is 13.7. The molecule has 2 unspecified atom stereocenters. The zero-order valence-electron chi connectivity index (χ0n) is 11.5. The Bertz CT molecular complexity index is 760. The molecule has 22 heavy (non-hydrogen) atoms. The van der Waals surface area contributed by atoms with E-state index in [1.165, 1.54) is 6.08 Å². The quantitative estimate of drug-likeness (QED) is 0.755. The van der Waals surface area contributed by atoms with Crippen molar-refractivity contribution in [2.45, 2.75) is 25.7 Å². The number of hydrogen-bond acceptors (Lipinski definition) is 3. The van der Waals surface area contributed by atoms with Crippen molar-refractivity contribution in [3.63, 3.8) is 0 Å². The maximum Gasteiger partial charge on any atom is 0.397 e. The van der Waals surface area contributed by atoms with Crippen molar-refractivity contribution in [1.29, 1.82) is 0 Å². The van der Waals surface area contributed by atoms with Crippen LogP contribution in [0.3, 0.4) is 0 Å². The van der Waals surface area contributed by atoms with Crippen molar-refractivity contribution in [2.75, 3.05) is 0 Å². The molecule has 0 aromatic carbocycles. The summed E-state index contributed by atoms with van der Waals surface area (Å²) in [6, 6.07) is 1.67. The van der Waals surface area contributed by atoms with Gasteiger partial charge in [0, 0.05) is 36.3 Å². The number of rotatable bonds is 1. The molecule has 0 N–H and O–H groups in total. The second-order valence-electron chi connectivity index (χ2n) is 5.10. The molecular formula is C14H12F4N4. The third kappa shape index (κ3) is 2.72. The number of allylic oxidation sites excluding steroid dienone is 2.